The molecule has 1 nitrogen and oxygen atoms in total. The Morgan fingerprint density at radius 1 is 0.895 bits per heavy atom. The second-order valence-electron chi connectivity index (χ2n) is 4.79. The molecular formula is C18H17N. The predicted octanol–water partition coefficient (Wildman–Crippen LogP) is 3.77. The van der Waals surface area contributed by atoms with Gasteiger partial charge in [0.05, 0.1) is 6.54 Å². The molecule has 0 atom stereocenters. The maximum absolute atomic E-state index is 2.27. The lowest BCUT2D eigenvalue weighted by Crippen LogP contribution is -2.05. The van der Waals surface area contributed by atoms with E-state index in [2.05, 4.69) is 78.0 Å². The summed E-state index contributed by atoms with van der Waals surface area (Å²) < 4.78 is 2.27. The number of hydrogen-bond donors (Lipinski definition) is 0. The van der Waals surface area contributed by atoms with E-state index in [0.717, 1.165) is 13.0 Å². The van der Waals surface area contributed by atoms with Crippen molar-refractivity contribution in [1.29, 1.82) is 0 Å². The highest BCUT2D eigenvalue weighted by molar-refractivity contribution is 5.83. The van der Waals surface area contributed by atoms with Gasteiger partial charge in [0.15, 0.2) is 0 Å². The lowest BCUT2D eigenvalue weighted by molar-refractivity contribution is -0.468. The van der Waals surface area contributed by atoms with Crippen molar-refractivity contribution in [1.82, 2.24) is 0 Å². The summed E-state index contributed by atoms with van der Waals surface area (Å²) in [5.74, 6) is 0. The summed E-state index contributed by atoms with van der Waals surface area (Å²) in [4.78, 5) is 0. The van der Waals surface area contributed by atoms with E-state index < -0.39 is 0 Å². The minimum absolute atomic E-state index is 1.06. The van der Waals surface area contributed by atoms with E-state index >= 15 is 0 Å². The molecule has 2 aromatic carbocycles. The van der Waals surface area contributed by atoms with Crippen LogP contribution in [0.4, 0.5) is 0 Å². The van der Waals surface area contributed by atoms with Gasteiger partial charge in [-0.2, -0.15) is 0 Å². The first-order valence-corrected chi connectivity index (χ1v) is 6.66. The zero-order valence-corrected chi connectivity index (χ0v) is 10.9. The van der Waals surface area contributed by atoms with Gasteiger partial charge in [-0.15, -0.1) is 24.3 Å². The molecule has 0 amide bonds. The first-order valence-electron chi connectivity index (χ1n) is 6.66. The summed E-state index contributed by atoms with van der Waals surface area (Å²) in [6, 6.07) is 20.9. The normalized spacial score (nSPS) is 16.4. The number of nitrogens with zero attached hydrogens (tertiary/aromatic N) is 1. The van der Waals surface area contributed by atoms with Crippen molar-refractivity contribution in [3.05, 3.63) is 83.9 Å². The lowest BCUT2D eigenvalue weighted by atomic mass is 10.1. The third kappa shape index (κ3) is 3.14. The van der Waals surface area contributed by atoms with Gasteiger partial charge in [-0.25, -0.2) is 0 Å². The molecule has 0 radical (unpaired) electrons. The lowest BCUT2D eigenvalue weighted by Gasteiger charge is -2.03. The van der Waals surface area contributed by atoms with Crippen LogP contribution in [0, 0.1) is 6.54 Å². The smallest absolute Gasteiger partial charge is 0.134 e. The van der Waals surface area contributed by atoms with E-state index in [1.54, 1.807) is 0 Å². The van der Waals surface area contributed by atoms with Crippen molar-refractivity contribution in [2.75, 3.05) is 6.54 Å². The molecule has 1 heterocycles. The fourth-order valence-corrected chi connectivity index (χ4v) is 2.31. The summed E-state index contributed by atoms with van der Waals surface area (Å²) in [7, 11) is 0. The van der Waals surface area contributed by atoms with E-state index in [-0.39, 0.29) is 0 Å². The van der Waals surface area contributed by atoms with Crippen molar-refractivity contribution < 1.29 is 4.58 Å². The molecule has 94 valence electrons. The zero-order chi connectivity index (χ0) is 12.9. The molecule has 3 rings (SSSR count). The Balaban J connectivity index is 1.73. The second-order valence-corrected chi connectivity index (χ2v) is 4.79. The van der Waals surface area contributed by atoms with Crippen molar-refractivity contribution in [2.24, 2.45) is 0 Å². The maximum atomic E-state index is 2.27. The molecule has 0 saturated carbocycles. The van der Waals surface area contributed by atoms with Crippen LogP contribution in [0.2, 0.25) is 0 Å². The average molecular weight is 247 g/mol. The Kier molecular flexibility index (Phi) is 3.46. The second kappa shape index (κ2) is 5.57. The summed E-state index contributed by atoms with van der Waals surface area (Å²) in [5, 5.41) is 0. The largest absolute Gasteiger partial charge is 0.284 e. The minimum Gasteiger partial charge on any atom is -0.284 e. The standard InChI is InChI=1S/C18H17N/c1-3-7-16(8-4-1)13-18-11-12-19(15-18)14-17-9-5-2-6-10-17/h1-10,13-15H,11-12H2/b18-13+. The molecule has 0 bridgehead atoms. The molecule has 0 aromatic heterocycles. The molecule has 2 aromatic rings. The SMILES string of the molecule is C1=[N+]([CH-]c2ccccc2)CC/C1=C\c1ccccc1. The van der Waals surface area contributed by atoms with Gasteiger partial charge in [-0.1, -0.05) is 48.0 Å². The minimum atomic E-state index is 1.06. The third-order valence-corrected chi connectivity index (χ3v) is 3.26. The molecule has 1 aliphatic heterocycles. The maximum Gasteiger partial charge on any atom is 0.134 e. The molecule has 0 fully saturated rings. The highest BCUT2D eigenvalue weighted by atomic mass is 15.0. The van der Waals surface area contributed by atoms with E-state index in [1.165, 1.54) is 16.7 Å². The molecule has 19 heavy (non-hydrogen) atoms. The van der Waals surface area contributed by atoms with Gasteiger partial charge in [0.25, 0.3) is 0 Å². The molecule has 0 saturated heterocycles. The summed E-state index contributed by atoms with van der Waals surface area (Å²) in [5.41, 5.74) is 3.91. The molecule has 0 spiro atoms. The van der Waals surface area contributed by atoms with Crippen molar-refractivity contribution in [3.63, 3.8) is 0 Å². The Labute approximate surface area is 114 Å². The van der Waals surface area contributed by atoms with Crippen LogP contribution in [0.1, 0.15) is 17.5 Å². The molecule has 0 aliphatic carbocycles. The van der Waals surface area contributed by atoms with E-state index in [0.29, 0.717) is 0 Å². The molecule has 0 unspecified atom stereocenters. The van der Waals surface area contributed by atoms with Crippen LogP contribution in [0.5, 0.6) is 0 Å². The van der Waals surface area contributed by atoms with Crippen LogP contribution in [-0.2, 0) is 0 Å². The van der Waals surface area contributed by atoms with Gasteiger partial charge in [0, 0.05) is 6.42 Å². The van der Waals surface area contributed by atoms with Gasteiger partial charge in [0.1, 0.15) is 12.8 Å². The number of hydrogen-bond acceptors (Lipinski definition) is 0. The highest BCUT2D eigenvalue weighted by Gasteiger charge is 2.11. The zero-order valence-electron chi connectivity index (χ0n) is 10.9. The van der Waals surface area contributed by atoms with Gasteiger partial charge in [-0.05, 0) is 11.1 Å². The van der Waals surface area contributed by atoms with Crippen LogP contribution < -0.4 is 0 Å². The van der Waals surface area contributed by atoms with Crippen LogP contribution in [0.3, 0.4) is 0 Å². The Morgan fingerprint density at radius 2 is 1.58 bits per heavy atom. The van der Waals surface area contributed by atoms with Gasteiger partial charge < -0.3 is 0 Å². The van der Waals surface area contributed by atoms with Gasteiger partial charge in [0.2, 0.25) is 0 Å². The van der Waals surface area contributed by atoms with Crippen molar-refractivity contribution in [3.8, 4) is 0 Å². The van der Waals surface area contributed by atoms with Gasteiger partial charge in [-0.3, -0.25) is 4.58 Å². The monoisotopic (exact) mass is 247 g/mol. The molecule has 1 aliphatic rings. The van der Waals surface area contributed by atoms with Crippen molar-refractivity contribution in [2.45, 2.75) is 6.42 Å². The summed E-state index contributed by atoms with van der Waals surface area (Å²) in [6.45, 7) is 3.26. The summed E-state index contributed by atoms with van der Waals surface area (Å²) in [6.07, 6.45) is 5.61. The van der Waals surface area contributed by atoms with Crippen molar-refractivity contribution >= 4 is 12.3 Å². The van der Waals surface area contributed by atoms with Crippen LogP contribution in [0.25, 0.3) is 6.08 Å². The highest BCUT2D eigenvalue weighted by Crippen LogP contribution is 2.14. The average Bonchev–Trinajstić information content (AvgIpc) is 2.88. The fraction of sp³-hybridized carbons (Fsp3) is 0.111. The quantitative estimate of drug-likeness (QED) is 0.574. The predicted molar refractivity (Wildman–Crippen MR) is 80.1 cm³/mol. The topological polar surface area (TPSA) is 3.01 Å². The fourth-order valence-electron chi connectivity index (χ4n) is 2.31. The third-order valence-electron chi connectivity index (χ3n) is 3.26. The Bertz CT molecular complexity index is 594. The van der Waals surface area contributed by atoms with E-state index in [1.807, 2.05) is 6.07 Å². The molecule has 0 N–H and O–H groups in total. The molecular weight excluding hydrogens is 230 g/mol. The Morgan fingerprint density at radius 3 is 2.32 bits per heavy atom. The first-order chi connectivity index (χ1) is 9.40. The van der Waals surface area contributed by atoms with Crippen LogP contribution in [-0.4, -0.2) is 17.3 Å². The Hall–Kier alpha value is -2.28. The number of rotatable bonds is 3. The summed E-state index contributed by atoms with van der Waals surface area (Å²) >= 11 is 0. The van der Waals surface area contributed by atoms with Gasteiger partial charge >= 0.3 is 0 Å². The van der Waals surface area contributed by atoms with E-state index in [4.69, 9.17) is 0 Å². The first kappa shape index (κ1) is 11.8. The molecule has 1 heteroatoms. The van der Waals surface area contributed by atoms with Crippen LogP contribution in [0.15, 0.2) is 66.2 Å². The number of benzene rings is 2. The van der Waals surface area contributed by atoms with E-state index in [9.17, 15) is 0 Å². The van der Waals surface area contributed by atoms with Crippen LogP contribution >= 0.6 is 0 Å².